The molecule has 10 heteroatoms. The molecule has 6 nitrogen and oxygen atoms in total. The SMILES string of the molecule is CCC(C)C(NS(=O)(=O)c1cccc(C(F)(F)F)c1)C(=O)NCCc1ccccn1. The summed E-state index contributed by atoms with van der Waals surface area (Å²) in [5, 5.41) is 2.67. The number of carbonyl (C=O) groups is 1. The number of carbonyl (C=O) groups excluding carboxylic acids is 1. The van der Waals surface area contributed by atoms with Gasteiger partial charge < -0.3 is 5.32 Å². The summed E-state index contributed by atoms with van der Waals surface area (Å²) in [5.74, 6) is -0.920. The van der Waals surface area contributed by atoms with Crippen molar-refractivity contribution in [2.75, 3.05) is 6.54 Å². The van der Waals surface area contributed by atoms with Gasteiger partial charge in [0.05, 0.1) is 10.5 Å². The Kier molecular flexibility index (Phi) is 7.96. The van der Waals surface area contributed by atoms with Crippen molar-refractivity contribution in [1.29, 1.82) is 0 Å². The van der Waals surface area contributed by atoms with Crippen LogP contribution in [0.2, 0.25) is 0 Å². The van der Waals surface area contributed by atoms with E-state index in [1.807, 2.05) is 6.07 Å². The van der Waals surface area contributed by atoms with Gasteiger partial charge in [0, 0.05) is 24.9 Å². The third-order valence-corrected chi connectivity index (χ3v) is 6.09. The van der Waals surface area contributed by atoms with Gasteiger partial charge in [0.15, 0.2) is 0 Å². The van der Waals surface area contributed by atoms with E-state index in [2.05, 4.69) is 15.0 Å². The topological polar surface area (TPSA) is 88.2 Å². The number of rotatable bonds is 9. The van der Waals surface area contributed by atoms with Crippen LogP contribution < -0.4 is 10.0 Å². The summed E-state index contributed by atoms with van der Waals surface area (Å²) in [6.07, 6.45) is -2.10. The van der Waals surface area contributed by atoms with Crippen molar-refractivity contribution >= 4 is 15.9 Å². The second kappa shape index (κ2) is 10.0. The van der Waals surface area contributed by atoms with Crippen LogP contribution in [0.25, 0.3) is 0 Å². The minimum atomic E-state index is -4.68. The monoisotopic (exact) mass is 443 g/mol. The minimum absolute atomic E-state index is 0.244. The number of pyridine rings is 1. The van der Waals surface area contributed by atoms with Crippen LogP contribution in [0.15, 0.2) is 53.6 Å². The molecular formula is C20H24F3N3O3S. The van der Waals surface area contributed by atoms with Gasteiger partial charge in [-0.05, 0) is 36.2 Å². The van der Waals surface area contributed by atoms with E-state index in [0.29, 0.717) is 18.9 Å². The van der Waals surface area contributed by atoms with Gasteiger partial charge in [-0.2, -0.15) is 17.9 Å². The standard InChI is InChI=1S/C20H24F3N3O3S/c1-3-14(2)18(19(27)25-12-10-16-8-4-5-11-24-16)26-30(28,29)17-9-6-7-15(13-17)20(21,22)23/h4-9,11,13-14,18,26H,3,10,12H2,1-2H3,(H,25,27). The lowest BCUT2D eigenvalue weighted by atomic mass is 9.99. The molecule has 1 aromatic heterocycles. The summed E-state index contributed by atoms with van der Waals surface area (Å²) in [4.78, 5) is 16.2. The maximum Gasteiger partial charge on any atom is 0.416 e. The molecular weight excluding hydrogens is 419 g/mol. The first-order valence-corrected chi connectivity index (χ1v) is 10.9. The molecule has 1 aromatic carbocycles. The van der Waals surface area contributed by atoms with Crippen LogP contribution in [-0.2, 0) is 27.4 Å². The normalized spacial score (nSPS) is 14.2. The van der Waals surface area contributed by atoms with E-state index < -0.39 is 38.6 Å². The Hall–Kier alpha value is -2.46. The number of halogens is 3. The fourth-order valence-electron chi connectivity index (χ4n) is 2.71. The van der Waals surface area contributed by atoms with E-state index in [1.165, 1.54) is 0 Å². The predicted octanol–water partition coefficient (Wildman–Crippen LogP) is 3.15. The van der Waals surface area contributed by atoms with Crippen molar-refractivity contribution in [3.63, 3.8) is 0 Å². The first kappa shape index (κ1) is 23.8. The molecule has 0 saturated carbocycles. The van der Waals surface area contributed by atoms with Crippen LogP contribution in [-0.4, -0.2) is 31.9 Å². The van der Waals surface area contributed by atoms with Crippen molar-refractivity contribution in [3.05, 3.63) is 59.9 Å². The highest BCUT2D eigenvalue weighted by Gasteiger charge is 2.33. The number of benzene rings is 1. The highest BCUT2D eigenvalue weighted by molar-refractivity contribution is 7.89. The molecule has 2 aromatic rings. The van der Waals surface area contributed by atoms with Gasteiger partial charge in [0.2, 0.25) is 15.9 Å². The number of nitrogens with one attached hydrogen (secondary N) is 2. The number of aromatic nitrogens is 1. The first-order chi connectivity index (χ1) is 14.0. The van der Waals surface area contributed by atoms with E-state index >= 15 is 0 Å². The Balaban J connectivity index is 2.14. The van der Waals surface area contributed by atoms with E-state index in [4.69, 9.17) is 0 Å². The molecule has 0 spiro atoms. The Morgan fingerprint density at radius 2 is 1.90 bits per heavy atom. The van der Waals surface area contributed by atoms with Crippen LogP contribution in [0.3, 0.4) is 0 Å². The number of sulfonamides is 1. The van der Waals surface area contributed by atoms with Gasteiger partial charge in [-0.25, -0.2) is 8.42 Å². The van der Waals surface area contributed by atoms with Crippen molar-refractivity contribution < 1.29 is 26.4 Å². The first-order valence-electron chi connectivity index (χ1n) is 9.41. The average molecular weight is 443 g/mol. The van der Waals surface area contributed by atoms with Crippen molar-refractivity contribution in [2.45, 2.75) is 43.8 Å². The van der Waals surface area contributed by atoms with E-state index in [1.54, 1.807) is 32.2 Å². The third-order valence-electron chi connectivity index (χ3n) is 4.66. The maximum atomic E-state index is 12.9. The fourth-order valence-corrected chi connectivity index (χ4v) is 4.06. The predicted molar refractivity (Wildman–Crippen MR) is 106 cm³/mol. The number of nitrogens with zero attached hydrogens (tertiary/aromatic N) is 1. The van der Waals surface area contributed by atoms with Gasteiger partial charge in [-0.3, -0.25) is 9.78 Å². The molecule has 2 unspecified atom stereocenters. The van der Waals surface area contributed by atoms with E-state index in [0.717, 1.165) is 23.9 Å². The van der Waals surface area contributed by atoms with Gasteiger partial charge >= 0.3 is 6.18 Å². The summed E-state index contributed by atoms with van der Waals surface area (Å²) in [5.41, 5.74) is -0.312. The van der Waals surface area contributed by atoms with Crippen LogP contribution in [0, 0.1) is 5.92 Å². The van der Waals surface area contributed by atoms with Gasteiger partial charge in [0.25, 0.3) is 0 Å². The third kappa shape index (κ3) is 6.53. The van der Waals surface area contributed by atoms with Gasteiger partial charge in [-0.1, -0.05) is 32.4 Å². The van der Waals surface area contributed by atoms with E-state index in [9.17, 15) is 26.4 Å². The average Bonchev–Trinajstić information content (AvgIpc) is 2.71. The van der Waals surface area contributed by atoms with Gasteiger partial charge in [0.1, 0.15) is 6.04 Å². The second-order valence-corrected chi connectivity index (χ2v) is 8.59. The maximum absolute atomic E-state index is 12.9. The van der Waals surface area contributed by atoms with Crippen molar-refractivity contribution in [2.24, 2.45) is 5.92 Å². The number of alkyl halides is 3. The Bertz CT molecular complexity index is 951. The van der Waals surface area contributed by atoms with Crippen molar-refractivity contribution in [1.82, 2.24) is 15.0 Å². The Morgan fingerprint density at radius 1 is 1.17 bits per heavy atom. The van der Waals surface area contributed by atoms with Gasteiger partial charge in [-0.15, -0.1) is 0 Å². The smallest absolute Gasteiger partial charge is 0.354 e. The summed E-state index contributed by atoms with van der Waals surface area (Å²) in [6, 6.07) is 7.67. The minimum Gasteiger partial charge on any atom is -0.354 e. The molecule has 0 fully saturated rings. The number of hydrogen-bond acceptors (Lipinski definition) is 4. The van der Waals surface area contributed by atoms with Crippen molar-refractivity contribution in [3.8, 4) is 0 Å². The summed E-state index contributed by atoms with van der Waals surface area (Å²) in [6.45, 7) is 3.73. The highest BCUT2D eigenvalue weighted by atomic mass is 32.2. The number of amides is 1. The van der Waals surface area contributed by atoms with Crippen LogP contribution in [0.5, 0.6) is 0 Å². The quantitative estimate of drug-likeness (QED) is 0.623. The molecule has 2 rings (SSSR count). The Labute approximate surface area is 174 Å². The lowest BCUT2D eigenvalue weighted by Gasteiger charge is -2.23. The zero-order chi connectivity index (χ0) is 22.4. The lowest BCUT2D eigenvalue weighted by Crippen LogP contribution is -2.50. The summed E-state index contributed by atoms with van der Waals surface area (Å²) >= 11 is 0. The number of hydrogen-bond donors (Lipinski definition) is 2. The summed E-state index contributed by atoms with van der Waals surface area (Å²) < 4.78 is 66.4. The molecule has 0 saturated heterocycles. The molecule has 0 aliphatic carbocycles. The van der Waals surface area contributed by atoms with Crippen LogP contribution in [0.1, 0.15) is 31.5 Å². The lowest BCUT2D eigenvalue weighted by molar-refractivity contribution is -0.137. The largest absolute Gasteiger partial charge is 0.416 e. The molecule has 1 heterocycles. The summed E-state index contributed by atoms with van der Waals surface area (Å²) in [7, 11) is -4.34. The molecule has 2 N–H and O–H groups in total. The Morgan fingerprint density at radius 3 is 2.50 bits per heavy atom. The zero-order valence-electron chi connectivity index (χ0n) is 16.6. The molecule has 0 bridgehead atoms. The molecule has 30 heavy (non-hydrogen) atoms. The molecule has 0 radical (unpaired) electrons. The molecule has 2 atom stereocenters. The van der Waals surface area contributed by atoms with E-state index in [-0.39, 0.29) is 12.5 Å². The molecule has 164 valence electrons. The fraction of sp³-hybridized carbons (Fsp3) is 0.400. The molecule has 1 amide bonds. The highest BCUT2D eigenvalue weighted by Crippen LogP contribution is 2.30. The molecule has 0 aliphatic heterocycles. The second-order valence-electron chi connectivity index (χ2n) is 6.87. The zero-order valence-corrected chi connectivity index (χ0v) is 17.4. The van der Waals surface area contributed by atoms with Crippen LogP contribution in [0.4, 0.5) is 13.2 Å². The van der Waals surface area contributed by atoms with Crippen LogP contribution >= 0.6 is 0 Å². The molecule has 0 aliphatic rings.